The predicted octanol–water partition coefficient (Wildman–Crippen LogP) is 0.360. The molecule has 6 heteroatoms. The SMILES string of the molecule is NC(=O)c1c[nH]c2ncc(C(=O)O)cc12. The summed E-state index contributed by atoms with van der Waals surface area (Å²) in [5, 5.41) is 9.16. The number of rotatable bonds is 2. The molecule has 6 nitrogen and oxygen atoms in total. The van der Waals surface area contributed by atoms with Crippen molar-refractivity contribution < 1.29 is 14.7 Å². The molecule has 2 aromatic heterocycles. The standard InChI is InChI=1S/C9H7N3O3/c10-7(13)6-3-12-8-5(6)1-4(2-11-8)9(14)15/h1-3H,(H2,10,13)(H,11,12)(H,14,15). The highest BCUT2D eigenvalue weighted by molar-refractivity contribution is 6.06. The lowest BCUT2D eigenvalue weighted by atomic mass is 10.1. The Balaban J connectivity index is 2.72. The van der Waals surface area contributed by atoms with Crippen LogP contribution in [0.2, 0.25) is 0 Å². The van der Waals surface area contributed by atoms with E-state index in [1.807, 2.05) is 0 Å². The van der Waals surface area contributed by atoms with Gasteiger partial charge in [0, 0.05) is 17.8 Å². The Bertz CT molecular complexity index is 559. The number of nitrogens with one attached hydrogen (secondary N) is 1. The van der Waals surface area contributed by atoms with Crippen LogP contribution in [-0.4, -0.2) is 27.0 Å². The zero-order valence-electron chi connectivity index (χ0n) is 7.52. The number of nitrogens with zero attached hydrogens (tertiary/aromatic N) is 1. The van der Waals surface area contributed by atoms with E-state index in [2.05, 4.69) is 9.97 Å². The Kier molecular flexibility index (Phi) is 1.89. The number of aromatic carboxylic acids is 1. The highest BCUT2D eigenvalue weighted by atomic mass is 16.4. The lowest BCUT2D eigenvalue weighted by Crippen LogP contribution is -2.10. The van der Waals surface area contributed by atoms with E-state index in [0.29, 0.717) is 11.0 Å². The van der Waals surface area contributed by atoms with E-state index in [9.17, 15) is 9.59 Å². The fourth-order valence-corrected chi connectivity index (χ4v) is 1.32. The number of carboxylic acids is 1. The number of primary amides is 1. The molecule has 0 aliphatic carbocycles. The van der Waals surface area contributed by atoms with E-state index < -0.39 is 11.9 Å². The minimum atomic E-state index is -1.10. The average molecular weight is 205 g/mol. The van der Waals surface area contributed by atoms with Gasteiger partial charge in [-0.15, -0.1) is 0 Å². The van der Waals surface area contributed by atoms with Crippen LogP contribution in [0.5, 0.6) is 0 Å². The quantitative estimate of drug-likeness (QED) is 0.657. The van der Waals surface area contributed by atoms with Crippen LogP contribution in [0.4, 0.5) is 0 Å². The molecule has 0 atom stereocenters. The molecular weight excluding hydrogens is 198 g/mol. The maximum Gasteiger partial charge on any atom is 0.337 e. The van der Waals surface area contributed by atoms with E-state index >= 15 is 0 Å². The lowest BCUT2D eigenvalue weighted by molar-refractivity contribution is 0.0696. The Morgan fingerprint density at radius 3 is 2.80 bits per heavy atom. The maximum atomic E-state index is 11.0. The lowest BCUT2D eigenvalue weighted by Gasteiger charge is -1.95. The van der Waals surface area contributed by atoms with E-state index in [1.54, 1.807) is 0 Å². The van der Waals surface area contributed by atoms with Gasteiger partial charge in [0.25, 0.3) is 5.91 Å². The Hall–Kier alpha value is -2.37. The molecular formula is C9H7N3O3. The minimum absolute atomic E-state index is 0.0181. The molecule has 0 spiro atoms. The summed E-state index contributed by atoms with van der Waals surface area (Å²) >= 11 is 0. The largest absolute Gasteiger partial charge is 0.478 e. The topological polar surface area (TPSA) is 109 Å². The Labute approximate surface area is 83.7 Å². The normalized spacial score (nSPS) is 10.4. The van der Waals surface area contributed by atoms with Gasteiger partial charge in [-0.25, -0.2) is 9.78 Å². The summed E-state index contributed by atoms with van der Waals surface area (Å²) in [5.74, 6) is -1.72. The first-order valence-corrected chi connectivity index (χ1v) is 4.10. The van der Waals surface area contributed by atoms with E-state index in [0.717, 1.165) is 0 Å². The number of fused-ring (bicyclic) bond motifs is 1. The van der Waals surface area contributed by atoms with Crippen LogP contribution in [-0.2, 0) is 0 Å². The van der Waals surface area contributed by atoms with Gasteiger partial charge in [0.05, 0.1) is 11.1 Å². The predicted molar refractivity (Wildman–Crippen MR) is 51.6 cm³/mol. The number of hydrogen-bond donors (Lipinski definition) is 3. The number of nitrogens with two attached hydrogens (primary N) is 1. The first-order chi connectivity index (χ1) is 7.09. The molecule has 76 valence electrons. The molecule has 1 amide bonds. The summed E-state index contributed by atoms with van der Waals surface area (Å²) in [6, 6.07) is 1.36. The molecule has 2 heterocycles. The summed E-state index contributed by atoms with van der Waals surface area (Å²) < 4.78 is 0. The second-order valence-corrected chi connectivity index (χ2v) is 2.99. The summed E-state index contributed by atoms with van der Waals surface area (Å²) in [4.78, 5) is 28.3. The molecule has 0 unspecified atom stereocenters. The Morgan fingerprint density at radius 1 is 1.47 bits per heavy atom. The molecule has 2 rings (SSSR count). The number of pyridine rings is 1. The highest BCUT2D eigenvalue weighted by Crippen LogP contribution is 2.17. The number of H-pyrrole nitrogens is 1. The highest BCUT2D eigenvalue weighted by Gasteiger charge is 2.12. The smallest absolute Gasteiger partial charge is 0.337 e. The monoisotopic (exact) mass is 205 g/mol. The van der Waals surface area contributed by atoms with Gasteiger partial charge in [-0.05, 0) is 6.07 Å². The molecule has 0 aromatic carbocycles. The molecule has 4 N–H and O–H groups in total. The fraction of sp³-hybridized carbons (Fsp3) is 0. The number of amides is 1. The van der Waals surface area contributed by atoms with Gasteiger partial charge >= 0.3 is 5.97 Å². The van der Waals surface area contributed by atoms with Gasteiger partial charge in [-0.3, -0.25) is 4.79 Å². The van der Waals surface area contributed by atoms with E-state index in [-0.39, 0.29) is 11.1 Å². The number of aromatic amines is 1. The van der Waals surface area contributed by atoms with Crippen LogP contribution < -0.4 is 5.73 Å². The van der Waals surface area contributed by atoms with Gasteiger partial charge < -0.3 is 15.8 Å². The molecule has 2 aromatic rings. The second-order valence-electron chi connectivity index (χ2n) is 2.99. The van der Waals surface area contributed by atoms with Crippen LogP contribution in [0.25, 0.3) is 11.0 Å². The summed E-state index contributed by atoms with van der Waals surface area (Å²) in [6.07, 6.45) is 2.62. The molecule has 0 aliphatic rings. The third-order valence-corrected chi connectivity index (χ3v) is 2.04. The Morgan fingerprint density at radius 2 is 2.20 bits per heavy atom. The van der Waals surface area contributed by atoms with Crippen molar-refractivity contribution in [2.24, 2.45) is 5.73 Å². The van der Waals surface area contributed by atoms with Crippen molar-refractivity contribution in [3.05, 3.63) is 29.6 Å². The number of carboxylic acid groups (broad SMARTS) is 1. The minimum Gasteiger partial charge on any atom is -0.478 e. The molecule has 0 radical (unpaired) electrons. The van der Waals surface area contributed by atoms with Crippen molar-refractivity contribution >= 4 is 22.9 Å². The second kappa shape index (κ2) is 3.09. The summed E-state index contributed by atoms with van der Waals surface area (Å²) in [5.41, 5.74) is 5.81. The van der Waals surface area contributed by atoms with Crippen molar-refractivity contribution in [3.8, 4) is 0 Å². The summed E-state index contributed by atoms with van der Waals surface area (Å²) in [7, 11) is 0. The number of carbonyl (C=O) groups is 2. The summed E-state index contributed by atoms with van der Waals surface area (Å²) in [6.45, 7) is 0. The molecule has 0 saturated carbocycles. The molecule has 0 aliphatic heterocycles. The van der Waals surface area contributed by atoms with Crippen LogP contribution >= 0.6 is 0 Å². The van der Waals surface area contributed by atoms with Crippen molar-refractivity contribution in [3.63, 3.8) is 0 Å². The first kappa shape index (κ1) is 9.20. The molecule has 15 heavy (non-hydrogen) atoms. The average Bonchev–Trinajstić information content (AvgIpc) is 2.59. The van der Waals surface area contributed by atoms with E-state index in [1.165, 1.54) is 18.5 Å². The van der Waals surface area contributed by atoms with Crippen LogP contribution in [0, 0.1) is 0 Å². The van der Waals surface area contributed by atoms with Gasteiger partial charge in [-0.2, -0.15) is 0 Å². The number of carbonyl (C=O) groups excluding carboxylic acids is 1. The van der Waals surface area contributed by atoms with Gasteiger partial charge in [-0.1, -0.05) is 0 Å². The molecule has 0 saturated heterocycles. The van der Waals surface area contributed by atoms with Crippen LogP contribution in [0.1, 0.15) is 20.7 Å². The first-order valence-electron chi connectivity index (χ1n) is 4.10. The third kappa shape index (κ3) is 1.41. The zero-order valence-corrected chi connectivity index (χ0v) is 7.52. The van der Waals surface area contributed by atoms with E-state index in [4.69, 9.17) is 10.8 Å². The zero-order chi connectivity index (χ0) is 11.0. The fourth-order valence-electron chi connectivity index (χ4n) is 1.32. The van der Waals surface area contributed by atoms with Crippen molar-refractivity contribution in [2.75, 3.05) is 0 Å². The molecule has 0 bridgehead atoms. The van der Waals surface area contributed by atoms with Crippen LogP contribution in [0.15, 0.2) is 18.5 Å². The van der Waals surface area contributed by atoms with Crippen molar-refractivity contribution in [1.82, 2.24) is 9.97 Å². The van der Waals surface area contributed by atoms with Crippen molar-refractivity contribution in [1.29, 1.82) is 0 Å². The molecule has 0 fully saturated rings. The maximum absolute atomic E-state index is 11.0. The van der Waals surface area contributed by atoms with Gasteiger partial charge in [0.2, 0.25) is 0 Å². The van der Waals surface area contributed by atoms with Gasteiger partial charge in [0.15, 0.2) is 0 Å². The van der Waals surface area contributed by atoms with Gasteiger partial charge in [0.1, 0.15) is 5.65 Å². The number of aromatic nitrogens is 2. The van der Waals surface area contributed by atoms with Crippen LogP contribution in [0.3, 0.4) is 0 Å². The van der Waals surface area contributed by atoms with Crippen molar-refractivity contribution in [2.45, 2.75) is 0 Å². The number of hydrogen-bond acceptors (Lipinski definition) is 3. The third-order valence-electron chi connectivity index (χ3n) is 2.04.